The number of hydrogen-bond donors (Lipinski definition) is 0. The lowest BCUT2D eigenvalue weighted by molar-refractivity contribution is -0.128. The number of pyridine rings is 1. The Morgan fingerprint density at radius 1 is 1.19 bits per heavy atom. The summed E-state index contributed by atoms with van der Waals surface area (Å²) in [5, 5.41) is 2.38. The summed E-state index contributed by atoms with van der Waals surface area (Å²) in [6, 6.07) is 14.2. The maximum absolute atomic E-state index is 11.5. The van der Waals surface area contributed by atoms with Crippen LogP contribution in [0.4, 0.5) is 0 Å². The van der Waals surface area contributed by atoms with Crippen LogP contribution in [-0.2, 0) is 4.79 Å². The van der Waals surface area contributed by atoms with Gasteiger partial charge in [-0.05, 0) is 41.6 Å². The van der Waals surface area contributed by atoms with Gasteiger partial charge in [0.05, 0.1) is 6.54 Å². The number of aromatic nitrogens is 1. The van der Waals surface area contributed by atoms with Gasteiger partial charge in [-0.1, -0.05) is 35.9 Å². The molecular weight excluding hydrogens is 360 g/mol. The average molecular weight is 381 g/mol. The summed E-state index contributed by atoms with van der Waals surface area (Å²) in [7, 11) is 0. The van der Waals surface area contributed by atoms with Crippen LogP contribution in [0.15, 0.2) is 48.7 Å². The smallest absolute Gasteiger partial charge is 0.219 e. The van der Waals surface area contributed by atoms with E-state index in [0.717, 1.165) is 40.6 Å². The number of carbonyl (C=O) groups excluding carboxylic acids is 1. The normalized spacial score (nSPS) is 16.7. The van der Waals surface area contributed by atoms with Gasteiger partial charge in [0.1, 0.15) is 17.0 Å². The molecule has 1 saturated heterocycles. The fourth-order valence-electron chi connectivity index (χ4n) is 3.66. The Kier molecular flexibility index (Phi) is 4.75. The van der Waals surface area contributed by atoms with Gasteiger partial charge >= 0.3 is 0 Å². The van der Waals surface area contributed by atoms with E-state index in [0.29, 0.717) is 11.7 Å². The largest absolute Gasteiger partial charge is 0.488 e. The molecule has 1 atom stereocenters. The van der Waals surface area contributed by atoms with E-state index in [1.165, 1.54) is 5.56 Å². The van der Waals surface area contributed by atoms with Gasteiger partial charge in [0.25, 0.3) is 0 Å². The molecule has 5 heteroatoms. The summed E-state index contributed by atoms with van der Waals surface area (Å²) < 4.78 is 6.11. The molecule has 1 aromatic heterocycles. The molecule has 138 valence electrons. The van der Waals surface area contributed by atoms with E-state index in [1.807, 2.05) is 41.4 Å². The maximum atomic E-state index is 11.5. The molecule has 4 nitrogen and oxygen atoms in total. The maximum Gasteiger partial charge on any atom is 0.219 e. The number of fused-ring (bicyclic) bond motifs is 1. The van der Waals surface area contributed by atoms with E-state index >= 15 is 0 Å². The highest BCUT2D eigenvalue weighted by molar-refractivity contribution is 6.34. The van der Waals surface area contributed by atoms with Gasteiger partial charge in [-0.3, -0.25) is 4.79 Å². The number of rotatable bonds is 3. The standard InChI is InChI=1S/C22H21ClN2O2/c1-14-5-3-4-6-18(14)21-12-24-22(23)20-11-16(7-8-19(20)21)27-17-9-10-25(13-17)15(2)26/h3-8,11-12,17H,9-10,13H2,1-2H3/t17-/m0/s1. The number of benzene rings is 2. The van der Waals surface area contributed by atoms with Crippen molar-refractivity contribution in [3.63, 3.8) is 0 Å². The molecule has 0 spiro atoms. The van der Waals surface area contributed by atoms with Gasteiger partial charge in [-0.2, -0.15) is 0 Å². The first kappa shape index (κ1) is 17.8. The quantitative estimate of drug-likeness (QED) is 0.609. The Balaban J connectivity index is 1.68. The first-order valence-corrected chi connectivity index (χ1v) is 9.47. The SMILES string of the molecule is CC(=O)N1CC[C@H](Oc2ccc3c(-c4ccccc4C)cnc(Cl)c3c2)C1. The Hall–Kier alpha value is -2.59. The van der Waals surface area contributed by atoms with Crippen molar-refractivity contribution in [1.29, 1.82) is 0 Å². The number of carbonyl (C=O) groups is 1. The zero-order valence-corrected chi connectivity index (χ0v) is 16.2. The van der Waals surface area contributed by atoms with Gasteiger partial charge in [-0.15, -0.1) is 0 Å². The molecule has 0 N–H and O–H groups in total. The van der Waals surface area contributed by atoms with Crippen LogP contribution < -0.4 is 4.74 Å². The van der Waals surface area contributed by atoms with Gasteiger partial charge < -0.3 is 9.64 Å². The van der Waals surface area contributed by atoms with Crippen molar-refractivity contribution in [3.8, 4) is 16.9 Å². The topological polar surface area (TPSA) is 42.4 Å². The van der Waals surface area contributed by atoms with E-state index in [9.17, 15) is 4.79 Å². The van der Waals surface area contributed by atoms with Gasteiger partial charge in [-0.25, -0.2) is 4.98 Å². The van der Waals surface area contributed by atoms with Crippen LogP contribution >= 0.6 is 11.6 Å². The number of hydrogen-bond acceptors (Lipinski definition) is 3. The molecule has 1 amide bonds. The lowest BCUT2D eigenvalue weighted by Crippen LogP contribution is -2.28. The second-order valence-corrected chi connectivity index (χ2v) is 7.34. The van der Waals surface area contributed by atoms with Crippen molar-refractivity contribution >= 4 is 28.3 Å². The Morgan fingerprint density at radius 3 is 2.74 bits per heavy atom. The molecule has 0 unspecified atom stereocenters. The van der Waals surface area contributed by atoms with Crippen LogP contribution in [0.2, 0.25) is 5.15 Å². The summed E-state index contributed by atoms with van der Waals surface area (Å²) in [6.07, 6.45) is 2.68. The highest BCUT2D eigenvalue weighted by Gasteiger charge is 2.25. The van der Waals surface area contributed by atoms with Crippen LogP contribution in [-0.4, -0.2) is 35.0 Å². The average Bonchev–Trinajstić information content (AvgIpc) is 3.12. The molecule has 0 radical (unpaired) electrons. The predicted octanol–water partition coefficient (Wildman–Crippen LogP) is 4.86. The van der Waals surface area contributed by atoms with Gasteiger partial charge in [0.15, 0.2) is 0 Å². The van der Waals surface area contributed by atoms with Gasteiger partial charge in [0.2, 0.25) is 5.91 Å². The fourth-order valence-corrected chi connectivity index (χ4v) is 3.86. The number of likely N-dealkylation sites (tertiary alicyclic amines) is 1. The summed E-state index contributed by atoms with van der Waals surface area (Å²) in [6.45, 7) is 5.06. The van der Waals surface area contributed by atoms with Crippen molar-refractivity contribution in [2.45, 2.75) is 26.4 Å². The highest BCUT2D eigenvalue weighted by atomic mass is 35.5. The van der Waals surface area contributed by atoms with E-state index < -0.39 is 0 Å². The number of amides is 1. The van der Waals surface area contributed by atoms with E-state index in [2.05, 4.69) is 24.0 Å². The second-order valence-electron chi connectivity index (χ2n) is 6.98. The zero-order chi connectivity index (χ0) is 19.0. The minimum Gasteiger partial charge on any atom is -0.488 e. The van der Waals surface area contributed by atoms with E-state index in [-0.39, 0.29) is 12.0 Å². The molecule has 4 rings (SSSR count). The minimum absolute atomic E-state index is 0.0117. The van der Waals surface area contributed by atoms with Crippen molar-refractivity contribution in [3.05, 3.63) is 59.4 Å². The van der Waals surface area contributed by atoms with E-state index in [4.69, 9.17) is 16.3 Å². The highest BCUT2D eigenvalue weighted by Crippen LogP contribution is 2.35. The first-order chi connectivity index (χ1) is 13.0. The molecule has 1 aliphatic rings. The third-order valence-corrected chi connectivity index (χ3v) is 5.44. The molecule has 0 bridgehead atoms. The summed E-state index contributed by atoms with van der Waals surface area (Å²) in [5.41, 5.74) is 3.40. The van der Waals surface area contributed by atoms with Gasteiger partial charge in [0, 0.05) is 37.0 Å². The lowest BCUT2D eigenvalue weighted by atomic mass is 9.97. The molecule has 1 fully saturated rings. The third-order valence-electron chi connectivity index (χ3n) is 5.14. The Bertz CT molecular complexity index is 1020. The molecule has 27 heavy (non-hydrogen) atoms. The molecule has 0 aliphatic carbocycles. The van der Waals surface area contributed by atoms with Crippen LogP contribution in [0.3, 0.4) is 0 Å². The van der Waals surface area contributed by atoms with Crippen molar-refractivity contribution in [1.82, 2.24) is 9.88 Å². The van der Waals surface area contributed by atoms with Crippen LogP contribution in [0.1, 0.15) is 18.9 Å². The van der Waals surface area contributed by atoms with Crippen molar-refractivity contribution < 1.29 is 9.53 Å². The van der Waals surface area contributed by atoms with Crippen LogP contribution in [0.25, 0.3) is 21.9 Å². The molecular formula is C22H21ClN2O2. The third kappa shape index (κ3) is 3.50. The van der Waals surface area contributed by atoms with Crippen molar-refractivity contribution in [2.75, 3.05) is 13.1 Å². The first-order valence-electron chi connectivity index (χ1n) is 9.09. The van der Waals surface area contributed by atoms with Crippen LogP contribution in [0, 0.1) is 6.92 Å². The molecule has 0 saturated carbocycles. The molecule has 1 aliphatic heterocycles. The minimum atomic E-state index is 0.0117. The summed E-state index contributed by atoms with van der Waals surface area (Å²) in [5.74, 6) is 0.846. The van der Waals surface area contributed by atoms with Crippen molar-refractivity contribution in [2.24, 2.45) is 0 Å². The molecule has 3 aromatic rings. The van der Waals surface area contributed by atoms with E-state index in [1.54, 1.807) is 6.92 Å². The number of nitrogens with zero attached hydrogens (tertiary/aromatic N) is 2. The second kappa shape index (κ2) is 7.20. The number of aryl methyl sites for hydroxylation is 1. The Morgan fingerprint density at radius 2 is 2.00 bits per heavy atom. The van der Waals surface area contributed by atoms with Crippen LogP contribution in [0.5, 0.6) is 5.75 Å². The Labute approximate surface area is 163 Å². The number of ether oxygens (including phenoxy) is 1. The fraction of sp³-hybridized carbons (Fsp3) is 0.273. The zero-order valence-electron chi connectivity index (χ0n) is 15.4. The molecule has 2 heterocycles. The molecule has 2 aromatic carbocycles. The summed E-state index contributed by atoms with van der Waals surface area (Å²) in [4.78, 5) is 17.7. The monoisotopic (exact) mass is 380 g/mol. The predicted molar refractivity (Wildman–Crippen MR) is 108 cm³/mol. The number of halogens is 1. The lowest BCUT2D eigenvalue weighted by Gasteiger charge is -2.16. The summed E-state index contributed by atoms with van der Waals surface area (Å²) >= 11 is 6.39.